The molecule has 0 saturated carbocycles. The molecule has 0 bridgehead atoms. The summed E-state index contributed by atoms with van der Waals surface area (Å²) in [4.78, 5) is 1.23. The van der Waals surface area contributed by atoms with Crippen molar-refractivity contribution >= 4 is 74.9 Å². The molecule has 5 aromatic rings. The van der Waals surface area contributed by atoms with Gasteiger partial charge >= 0.3 is 0 Å². The van der Waals surface area contributed by atoms with Crippen molar-refractivity contribution in [1.29, 1.82) is 0 Å². The number of hydrogen-bond donors (Lipinski definition) is 0. The first kappa shape index (κ1) is 40.7. The molecule has 0 unspecified atom stereocenters. The minimum absolute atomic E-state index is 1.15. The Labute approximate surface area is 326 Å². The number of fused-ring (bicyclic) bond motifs is 7. The lowest BCUT2D eigenvalue weighted by atomic mass is 9.94. The van der Waals surface area contributed by atoms with E-state index in [-0.39, 0.29) is 0 Å². The fourth-order valence-electron chi connectivity index (χ4n) is 5.92. The average molecular weight is 721 g/mol. The maximum Gasteiger partial charge on any atom is 0.0355 e. The van der Waals surface area contributed by atoms with Crippen LogP contribution in [0.1, 0.15) is 49.3 Å². The highest BCUT2D eigenvalue weighted by Gasteiger charge is 2.08. The molecule has 270 valence electrons. The monoisotopic (exact) mass is 720 g/mol. The molecule has 6 rings (SSSR count). The van der Waals surface area contributed by atoms with Gasteiger partial charge in [-0.2, -0.15) is 0 Å². The topological polar surface area (TPSA) is 0 Å². The highest BCUT2D eigenvalue weighted by Crippen LogP contribution is 2.25. The molecule has 4 aromatic carbocycles. The van der Waals surface area contributed by atoms with Crippen molar-refractivity contribution < 1.29 is 0 Å². The van der Waals surface area contributed by atoms with E-state index < -0.39 is 0 Å². The third-order valence-corrected chi connectivity index (χ3v) is 10.1. The smallest absolute Gasteiger partial charge is 0.0355 e. The molecule has 1 heterocycles. The van der Waals surface area contributed by atoms with Gasteiger partial charge in [0.15, 0.2) is 0 Å². The second-order valence-corrected chi connectivity index (χ2v) is 14.0. The Bertz CT molecular complexity index is 2590. The van der Waals surface area contributed by atoms with E-state index in [1.54, 1.807) is 23.5 Å². The molecule has 0 atom stereocenters. The molecule has 0 N–H and O–H groups in total. The third kappa shape index (κ3) is 10.8. The van der Waals surface area contributed by atoms with Gasteiger partial charge in [0.05, 0.1) is 0 Å². The van der Waals surface area contributed by atoms with Gasteiger partial charge < -0.3 is 0 Å². The third-order valence-electron chi connectivity index (χ3n) is 8.95. The van der Waals surface area contributed by atoms with Gasteiger partial charge in [-0.3, -0.25) is 0 Å². The van der Waals surface area contributed by atoms with Crippen LogP contribution in [0.15, 0.2) is 177 Å². The maximum atomic E-state index is 4.12. The van der Waals surface area contributed by atoms with Crippen LogP contribution in [0, 0.1) is 6.92 Å². The molecule has 1 aliphatic rings. The first-order valence-corrected chi connectivity index (χ1v) is 19.1. The predicted molar refractivity (Wildman–Crippen MR) is 248 cm³/mol. The molecule has 0 nitrogen and oxygen atoms in total. The number of allylic oxidation sites excluding steroid dienone is 14. The number of hydrogen-bond acceptors (Lipinski definition) is 1. The number of thiophene rings is 1. The molecule has 1 aromatic heterocycles. The molecule has 0 saturated heterocycles. The summed E-state index contributed by atoms with van der Waals surface area (Å²) in [6, 6.07) is 25.9. The zero-order valence-corrected chi connectivity index (χ0v) is 33.3. The van der Waals surface area contributed by atoms with Crippen molar-refractivity contribution in [2.75, 3.05) is 0 Å². The summed E-state index contributed by atoms with van der Waals surface area (Å²) in [5.41, 5.74) is 7.24. The molecule has 0 fully saturated rings. The van der Waals surface area contributed by atoms with Crippen LogP contribution < -0.4 is 20.2 Å². The van der Waals surface area contributed by atoms with Crippen LogP contribution in [0.3, 0.4) is 0 Å². The summed E-state index contributed by atoms with van der Waals surface area (Å²) in [7, 11) is 0. The number of aryl methyl sites for hydroxylation is 1. The SMILES string of the molecule is C=C/C(C)=C\C=C(/C)c1ccc2c3/c(c4ccccc4c2c1)=C\C=C\C=C/C=c1/c(C=C)c(/C=C\C)s/c1=C\C=3.C=C/C=C(/C)C=C.Cc1ccccc1. The summed E-state index contributed by atoms with van der Waals surface area (Å²) < 4.78 is 1.23. The molecule has 0 aliphatic heterocycles. The summed E-state index contributed by atoms with van der Waals surface area (Å²) in [6.45, 7) is 25.4. The van der Waals surface area contributed by atoms with E-state index >= 15 is 0 Å². The fraction of sp³-hybridized carbons (Fsp3) is 0.0943. The number of rotatable bonds is 7. The van der Waals surface area contributed by atoms with Gasteiger partial charge in [0.2, 0.25) is 0 Å². The Balaban J connectivity index is 0.000000390. The maximum absolute atomic E-state index is 4.12. The molecule has 0 spiro atoms. The van der Waals surface area contributed by atoms with Crippen molar-refractivity contribution in [3.63, 3.8) is 0 Å². The minimum atomic E-state index is 1.15. The van der Waals surface area contributed by atoms with E-state index in [2.05, 4.69) is 182 Å². The van der Waals surface area contributed by atoms with E-state index in [1.807, 2.05) is 43.4 Å². The van der Waals surface area contributed by atoms with E-state index in [9.17, 15) is 0 Å². The van der Waals surface area contributed by atoms with Crippen molar-refractivity contribution in [2.24, 2.45) is 0 Å². The van der Waals surface area contributed by atoms with Crippen LogP contribution in [0.4, 0.5) is 0 Å². The van der Waals surface area contributed by atoms with Crippen LogP contribution in [0.2, 0.25) is 0 Å². The summed E-state index contributed by atoms with van der Waals surface area (Å²) >= 11 is 1.80. The Hall–Kier alpha value is -6.02. The van der Waals surface area contributed by atoms with Gasteiger partial charge in [-0.1, -0.05) is 201 Å². The molecule has 1 heteroatoms. The quantitative estimate of drug-likeness (QED) is 0.116. The van der Waals surface area contributed by atoms with E-state index in [0.717, 1.165) is 11.1 Å². The summed E-state index contributed by atoms with van der Waals surface area (Å²) in [6.07, 6.45) is 35.3. The Kier molecular flexibility index (Phi) is 15.8. The predicted octanol–water partition coefficient (Wildman–Crippen LogP) is 12.5. The molecule has 0 amide bonds. The van der Waals surface area contributed by atoms with Crippen LogP contribution in [-0.2, 0) is 0 Å². The molecular formula is C53H52S. The Morgan fingerprint density at radius 2 is 1.20 bits per heavy atom. The first-order chi connectivity index (χ1) is 26.3. The zero-order chi connectivity index (χ0) is 38.9. The second-order valence-electron chi connectivity index (χ2n) is 12.9. The lowest BCUT2D eigenvalue weighted by molar-refractivity contribution is 1.48. The molecule has 0 radical (unpaired) electrons. The summed E-state index contributed by atoms with van der Waals surface area (Å²) in [5, 5.41) is 8.68. The van der Waals surface area contributed by atoms with Crippen molar-refractivity contribution in [3.8, 4) is 0 Å². The number of benzene rings is 4. The van der Waals surface area contributed by atoms with Gasteiger partial charge in [-0.25, -0.2) is 0 Å². The standard InChI is InChI=1S/C39H34S.C7H8.C7H10/c1-6-15-38-30(8-3)36-19-12-10-9-11-16-32-31-17-13-14-18-33(31)37-26-29(28(5)21-20-27(4)7-2)22-23-35(37)34(32)24-25-39(36)40-38;1-7-5-3-2-4-6-7;1-4-6-7(3)5-2/h6-26H,2-3H2,1,4-5H3;2-6H,1H3;4-6H,1-2H2,3H3/b10-9?,11-9+,12-10-,15-6-,16-11?,19-12?,25-24?,27-20-,28-21+,32-16-,34-24+,36-19-,39-25-;;7-6-. The average Bonchev–Trinajstić information content (AvgIpc) is 3.52. The Morgan fingerprint density at radius 3 is 1.80 bits per heavy atom. The first-order valence-electron chi connectivity index (χ1n) is 18.3. The van der Waals surface area contributed by atoms with E-state index in [0.29, 0.717) is 0 Å². The highest BCUT2D eigenvalue weighted by atomic mass is 32.1. The van der Waals surface area contributed by atoms with Gasteiger partial charge in [0, 0.05) is 14.6 Å². The van der Waals surface area contributed by atoms with Crippen LogP contribution in [0.25, 0.3) is 63.6 Å². The van der Waals surface area contributed by atoms with Crippen molar-refractivity contribution in [2.45, 2.75) is 34.6 Å². The van der Waals surface area contributed by atoms with Gasteiger partial charge in [-0.05, 0) is 102 Å². The molecule has 1 aliphatic carbocycles. The van der Waals surface area contributed by atoms with Gasteiger partial charge in [0.1, 0.15) is 0 Å². The molecular weight excluding hydrogens is 669 g/mol. The Morgan fingerprint density at radius 1 is 0.593 bits per heavy atom. The lowest BCUT2D eigenvalue weighted by Gasteiger charge is -2.10. The van der Waals surface area contributed by atoms with Gasteiger partial charge in [0.25, 0.3) is 0 Å². The van der Waals surface area contributed by atoms with E-state index in [4.69, 9.17) is 0 Å². The highest BCUT2D eigenvalue weighted by molar-refractivity contribution is 7.11. The summed E-state index contributed by atoms with van der Waals surface area (Å²) in [5.74, 6) is 0. The van der Waals surface area contributed by atoms with Crippen LogP contribution in [-0.4, -0.2) is 0 Å². The van der Waals surface area contributed by atoms with Crippen LogP contribution in [0.5, 0.6) is 0 Å². The largest absolute Gasteiger partial charge is 0.135 e. The second kappa shape index (κ2) is 20.9. The normalized spacial score (nSPS) is 16.5. The fourth-order valence-corrected chi connectivity index (χ4v) is 7.09. The van der Waals surface area contributed by atoms with Crippen molar-refractivity contribution in [1.82, 2.24) is 0 Å². The van der Waals surface area contributed by atoms with Gasteiger partial charge in [-0.15, -0.1) is 11.3 Å². The molecule has 54 heavy (non-hydrogen) atoms. The lowest BCUT2D eigenvalue weighted by Crippen LogP contribution is -2.27. The van der Waals surface area contributed by atoms with Crippen LogP contribution >= 0.6 is 11.3 Å². The minimum Gasteiger partial charge on any atom is -0.135 e. The zero-order valence-electron chi connectivity index (χ0n) is 32.5. The van der Waals surface area contributed by atoms with E-state index in [1.165, 1.54) is 68.9 Å². The van der Waals surface area contributed by atoms with Crippen molar-refractivity contribution in [3.05, 3.63) is 219 Å².